The molecule has 0 unspecified atom stereocenters. The molecular formula is C16H22N4O4S. The van der Waals surface area contributed by atoms with Gasteiger partial charge >= 0.3 is 0 Å². The van der Waals surface area contributed by atoms with Crippen LogP contribution in [0.4, 0.5) is 0 Å². The Balaban J connectivity index is 1.65. The zero-order valence-electron chi connectivity index (χ0n) is 13.9. The molecule has 1 aromatic rings. The van der Waals surface area contributed by atoms with Crippen molar-refractivity contribution in [1.29, 1.82) is 0 Å². The summed E-state index contributed by atoms with van der Waals surface area (Å²) in [6, 6.07) is 6.27. The third-order valence-corrected chi connectivity index (χ3v) is 6.67. The third-order valence-electron chi connectivity index (χ3n) is 4.64. The minimum atomic E-state index is -3.43. The van der Waals surface area contributed by atoms with Crippen LogP contribution >= 0.6 is 0 Å². The average molecular weight is 366 g/mol. The van der Waals surface area contributed by atoms with Crippen molar-refractivity contribution in [3.63, 3.8) is 0 Å². The van der Waals surface area contributed by atoms with Crippen molar-refractivity contribution in [3.8, 4) is 0 Å². The van der Waals surface area contributed by atoms with Crippen LogP contribution < -0.4 is 5.73 Å². The summed E-state index contributed by atoms with van der Waals surface area (Å²) < 4.78 is 28.1. The lowest BCUT2D eigenvalue weighted by molar-refractivity contribution is 0.0694. The molecule has 0 radical (unpaired) electrons. The van der Waals surface area contributed by atoms with Crippen LogP contribution in [0.1, 0.15) is 33.6 Å². The van der Waals surface area contributed by atoms with Gasteiger partial charge in [-0.05, 0) is 31.0 Å². The molecular weight excluding hydrogens is 344 g/mol. The molecule has 136 valence electrons. The van der Waals surface area contributed by atoms with Crippen LogP contribution in [-0.2, 0) is 10.2 Å². The van der Waals surface area contributed by atoms with E-state index >= 15 is 0 Å². The van der Waals surface area contributed by atoms with Gasteiger partial charge < -0.3 is 10.6 Å². The Kier molecular flexibility index (Phi) is 5.07. The van der Waals surface area contributed by atoms with E-state index in [9.17, 15) is 18.0 Å². The van der Waals surface area contributed by atoms with Gasteiger partial charge in [0.25, 0.3) is 16.1 Å². The zero-order valence-corrected chi connectivity index (χ0v) is 14.7. The molecule has 2 saturated heterocycles. The minimum Gasteiger partial charge on any atom is -0.366 e. The van der Waals surface area contributed by atoms with Crippen molar-refractivity contribution < 1.29 is 18.0 Å². The van der Waals surface area contributed by atoms with Gasteiger partial charge in [0.15, 0.2) is 0 Å². The van der Waals surface area contributed by atoms with E-state index in [4.69, 9.17) is 5.73 Å². The summed E-state index contributed by atoms with van der Waals surface area (Å²) in [5, 5.41) is 0. The molecule has 3 rings (SSSR count). The highest BCUT2D eigenvalue weighted by molar-refractivity contribution is 7.86. The normalized spacial score (nSPS) is 19.9. The van der Waals surface area contributed by atoms with E-state index in [0.717, 1.165) is 12.8 Å². The molecule has 2 aliphatic heterocycles. The fourth-order valence-corrected chi connectivity index (χ4v) is 4.86. The number of carbonyl (C=O) groups excluding carboxylic acids is 2. The standard InChI is InChI=1S/C16H22N4O4S/c17-15(21)13-4-3-5-14(12-13)16(22)18-8-10-20(11-9-18)25(23,24)19-6-1-2-7-19/h3-5,12H,1-2,6-11H2,(H2,17,21). The summed E-state index contributed by atoms with van der Waals surface area (Å²) in [6.45, 7) is 2.35. The van der Waals surface area contributed by atoms with E-state index in [1.54, 1.807) is 23.1 Å². The molecule has 0 aromatic heterocycles. The maximum absolute atomic E-state index is 12.6. The van der Waals surface area contributed by atoms with Crippen LogP contribution in [0, 0.1) is 0 Å². The number of hydrogen-bond acceptors (Lipinski definition) is 4. The second-order valence-electron chi connectivity index (χ2n) is 6.25. The Hall–Kier alpha value is -1.97. The highest BCUT2D eigenvalue weighted by Gasteiger charge is 2.34. The second kappa shape index (κ2) is 7.11. The number of amides is 2. The molecule has 2 amide bonds. The molecule has 0 atom stereocenters. The van der Waals surface area contributed by atoms with Crippen LogP contribution in [0.15, 0.2) is 24.3 Å². The first-order valence-corrected chi connectivity index (χ1v) is 9.73. The molecule has 2 N–H and O–H groups in total. The van der Waals surface area contributed by atoms with Crippen LogP contribution in [-0.4, -0.2) is 73.0 Å². The molecule has 2 heterocycles. The monoisotopic (exact) mass is 366 g/mol. The molecule has 2 fully saturated rings. The Morgan fingerprint density at radius 1 is 0.880 bits per heavy atom. The smallest absolute Gasteiger partial charge is 0.282 e. The molecule has 0 spiro atoms. The molecule has 1 aromatic carbocycles. The van der Waals surface area contributed by atoms with Crippen LogP contribution in [0.3, 0.4) is 0 Å². The summed E-state index contributed by atoms with van der Waals surface area (Å²) in [5.74, 6) is -0.808. The fraction of sp³-hybridized carbons (Fsp3) is 0.500. The number of nitrogens with two attached hydrogens (primary N) is 1. The summed E-state index contributed by atoms with van der Waals surface area (Å²) >= 11 is 0. The van der Waals surface area contributed by atoms with Crippen LogP contribution in [0.5, 0.6) is 0 Å². The van der Waals surface area contributed by atoms with Gasteiger partial charge in [0.05, 0.1) is 0 Å². The van der Waals surface area contributed by atoms with Crippen molar-refractivity contribution in [3.05, 3.63) is 35.4 Å². The summed E-state index contributed by atoms with van der Waals surface area (Å²) in [6.07, 6.45) is 1.79. The van der Waals surface area contributed by atoms with E-state index in [1.165, 1.54) is 14.7 Å². The van der Waals surface area contributed by atoms with Gasteiger partial charge in [-0.1, -0.05) is 6.07 Å². The highest BCUT2D eigenvalue weighted by Crippen LogP contribution is 2.19. The molecule has 2 aliphatic rings. The summed E-state index contributed by atoms with van der Waals surface area (Å²) in [4.78, 5) is 25.4. The molecule has 0 aliphatic carbocycles. The topological polar surface area (TPSA) is 104 Å². The van der Waals surface area contributed by atoms with E-state index in [-0.39, 0.29) is 24.6 Å². The first kappa shape index (κ1) is 17.8. The lowest BCUT2D eigenvalue weighted by atomic mass is 10.1. The number of primary amides is 1. The lowest BCUT2D eigenvalue weighted by Gasteiger charge is -2.35. The molecule has 0 bridgehead atoms. The van der Waals surface area contributed by atoms with Gasteiger partial charge in [-0.25, -0.2) is 0 Å². The largest absolute Gasteiger partial charge is 0.366 e. The maximum Gasteiger partial charge on any atom is 0.282 e. The SMILES string of the molecule is NC(=O)c1cccc(C(=O)N2CCN(S(=O)(=O)N3CCCC3)CC2)c1. The Morgan fingerprint density at radius 2 is 1.44 bits per heavy atom. The lowest BCUT2D eigenvalue weighted by Crippen LogP contribution is -2.53. The van der Waals surface area contributed by atoms with Gasteiger partial charge in [0.2, 0.25) is 5.91 Å². The fourth-order valence-electron chi connectivity index (χ4n) is 3.19. The quantitative estimate of drug-likeness (QED) is 0.802. The van der Waals surface area contributed by atoms with E-state index in [2.05, 4.69) is 0 Å². The van der Waals surface area contributed by atoms with Gasteiger partial charge in [0, 0.05) is 50.4 Å². The van der Waals surface area contributed by atoms with Crippen molar-refractivity contribution >= 4 is 22.0 Å². The number of nitrogens with zero attached hydrogens (tertiary/aromatic N) is 3. The van der Waals surface area contributed by atoms with Gasteiger partial charge in [0.1, 0.15) is 0 Å². The van der Waals surface area contributed by atoms with Crippen molar-refractivity contribution in [2.24, 2.45) is 5.73 Å². The zero-order chi connectivity index (χ0) is 18.0. The maximum atomic E-state index is 12.6. The van der Waals surface area contributed by atoms with Crippen LogP contribution in [0.2, 0.25) is 0 Å². The first-order valence-electron chi connectivity index (χ1n) is 8.34. The summed E-state index contributed by atoms with van der Waals surface area (Å²) in [7, 11) is -3.43. The predicted molar refractivity (Wildman–Crippen MR) is 92.2 cm³/mol. The second-order valence-corrected chi connectivity index (χ2v) is 8.18. The third kappa shape index (κ3) is 3.68. The molecule has 9 heteroatoms. The number of hydrogen-bond donors (Lipinski definition) is 1. The first-order chi connectivity index (χ1) is 11.9. The van der Waals surface area contributed by atoms with Gasteiger partial charge in [-0.15, -0.1) is 0 Å². The van der Waals surface area contributed by atoms with Crippen molar-refractivity contribution in [2.45, 2.75) is 12.8 Å². The van der Waals surface area contributed by atoms with E-state index in [0.29, 0.717) is 31.7 Å². The van der Waals surface area contributed by atoms with Gasteiger partial charge in [-0.2, -0.15) is 17.0 Å². The highest BCUT2D eigenvalue weighted by atomic mass is 32.2. The number of benzene rings is 1. The predicted octanol–water partition coefficient (Wildman–Crippen LogP) is -0.116. The van der Waals surface area contributed by atoms with Crippen LogP contribution in [0.25, 0.3) is 0 Å². The molecule has 0 saturated carbocycles. The van der Waals surface area contributed by atoms with Crippen molar-refractivity contribution in [1.82, 2.24) is 13.5 Å². The number of rotatable bonds is 4. The number of carbonyl (C=O) groups is 2. The summed E-state index contributed by atoms with van der Waals surface area (Å²) in [5.41, 5.74) is 5.91. The Labute approximate surface area is 147 Å². The van der Waals surface area contributed by atoms with Crippen molar-refractivity contribution in [2.75, 3.05) is 39.3 Å². The van der Waals surface area contributed by atoms with Gasteiger partial charge in [-0.3, -0.25) is 9.59 Å². The minimum absolute atomic E-state index is 0.221. The van der Waals surface area contributed by atoms with E-state index < -0.39 is 16.1 Å². The average Bonchev–Trinajstić information content (AvgIpc) is 3.17. The Morgan fingerprint density at radius 3 is 2.04 bits per heavy atom. The molecule has 25 heavy (non-hydrogen) atoms. The number of piperazine rings is 1. The van der Waals surface area contributed by atoms with E-state index in [1.807, 2.05) is 0 Å². The molecule has 8 nitrogen and oxygen atoms in total. The Bertz CT molecular complexity index is 766.